The SMILES string of the molecule is CCOC(=O)c1cccc(/C(=C/C=C(\C)c2ccc3c(c2)C(C)(C)CCC3(C)C)CO[Si](C)(C)C(C)(C)C)c1. The van der Waals surface area contributed by atoms with Crippen LogP contribution in [0, 0.1) is 0 Å². The molecule has 3 nitrogen and oxygen atoms in total. The van der Waals surface area contributed by atoms with Crippen LogP contribution in [0.25, 0.3) is 11.1 Å². The van der Waals surface area contributed by atoms with Crippen LogP contribution < -0.4 is 0 Å². The van der Waals surface area contributed by atoms with E-state index in [0.717, 1.165) is 11.1 Å². The van der Waals surface area contributed by atoms with Crippen LogP contribution in [0.3, 0.4) is 0 Å². The highest BCUT2D eigenvalue weighted by Crippen LogP contribution is 2.46. The van der Waals surface area contributed by atoms with Crippen LogP contribution in [-0.2, 0) is 20.0 Å². The van der Waals surface area contributed by atoms with Crippen molar-refractivity contribution in [3.05, 3.63) is 82.4 Å². The summed E-state index contributed by atoms with van der Waals surface area (Å²) >= 11 is 0. The first-order valence-corrected chi connectivity index (χ1v) is 17.3. The third-order valence-corrected chi connectivity index (χ3v) is 13.5. The Morgan fingerprint density at radius 3 is 2.13 bits per heavy atom. The molecule has 4 heteroatoms. The Balaban J connectivity index is 2.02. The van der Waals surface area contributed by atoms with Crippen LogP contribution in [0.4, 0.5) is 0 Å². The van der Waals surface area contributed by atoms with E-state index >= 15 is 0 Å². The summed E-state index contributed by atoms with van der Waals surface area (Å²) in [6, 6.07) is 14.7. The predicted octanol–water partition coefficient (Wildman–Crippen LogP) is 9.72. The summed E-state index contributed by atoms with van der Waals surface area (Å²) in [5, 5.41) is 0.111. The average Bonchev–Trinajstić information content (AvgIpc) is 2.86. The van der Waals surface area contributed by atoms with E-state index in [2.05, 4.69) is 105 Å². The van der Waals surface area contributed by atoms with Crippen molar-refractivity contribution < 1.29 is 14.0 Å². The first-order chi connectivity index (χ1) is 18.0. The Morgan fingerprint density at radius 1 is 0.897 bits per heavy atom. The van der Waals surface area contributed by atoms with E-state index in [0.29, 0.717) is 18.8 Å². The second kappa shape index (κ2) is 11.6. The third kappa shape index (κ3) is 7.21. The molecular weight excluding hydrogens is 496 g/mol. The molecule has 0 aromatic heterocycles. The maximum atomic E-state index is 12.5. The molecule has 2 aromatic carbocycles. The number of hydrogen-bond acceptors (Lipinski definition) is 3. The maximum absolute atomic E-state index is 12.5. The molecule has 0 saturated carbocycles. The minimum atomic E-state index is -1.97. The zero-order valence-electron chi connectivity index (χ0n) is 26.2. The van der Waals surface area contributed by atoms with Crippen LogP contribution in [0.1, 0.15) is 108 Å². The molecule has 0 unspecified atom stereocenters. The summed E-state index contributed by atoms with van der Waals surface area (Å²) in [4.78, 5) is 12.5. The van der Waals surface area contributed by atoms with E-state index in [1.54, 1.807) is 0 Å². The van der Waals surface area contributed by atoms with Gasteiger partial charge in [-0.05, 0) is 101 Å². The number of benzene rings is 2. The van der Waals surface area contributed by atoms with E-state index in [1.165, 1.54) is 35.1 Å². The summed E-state index contributed by atoms with van der Waals surface area (Å²) in [5.41, 5.74) is 8.39. The molecule has 0 N–H and O–H groups in total. The minimum absolute atomic E-state index is 0.111. The number of carbonyl (C=O) groups excluding carboxylic acids is 1. The third-order valence-electron chi connectivity index (χ3n) is 8.98. The van der Waals surface area contributed by atoms with Gasteiger partial charge in [0.15, 0.2) is 8.32 Å². The normalized spacial score (nSPS) is 17.5. The Labute approximate surface area is 238 Å². The molecule has 1 aliphatic rings. The second-order valence-electron chi connectivity index (χ2n) is 13.9. The average molecular weight is 547 g/mol. The molecule has 0 spiro atoms. The molecular formula is C35H50O3Si. The van der Waals surface area contributed by atoms with Crippen molar-refractivity contribution >= 4 is 25.4 Å². The van der Waals surface area contributed by atoms with Gasteiger partial charge in [0.2, 0.25) is 0 Å². The Morgan fingerprint density at radius 2 is 1.51 bits per heavy atom. The van der Waals surface area contributed by atoms with Gasteiger partial charge in [0.25, 0.3) is 0 Å². The molecule has 0 aliphatic heterocycles. The predicted molar refractivity (Wildman–Crippen MR) is 169 cm³/mol. The molecule has 0 saturated heterocycles. The van der Waals surface area contributed by atoms with Crippen LogP contribution in [0.15, 0.2) is 54.6 Å². The molecule has 0 bridgehead atoms. The largest absolute Gasteiger partial charge is 0.462 e. The first kappa shape index (κ1) is 31.1. The van der Waals surface area contributed by atoms with Gasteiger partial charge in [0.05, 0.1) is 18.8 Å². The van der Waals surface area contributed by atoms with Crippen molar-refractivity contribution in [1.29, 1.82) is 0 Å². The number of fused-ring (bicyclic) bond motifs is 1. The van der Waals surface area contributed by atoms with Gasteiger partial charge >= 0.3 is 5.97 Å². The second-order valence-corrected chi connectivity index (χ2v) is 18.7. The van der Waals surface area contributed by atoms with Crippen LogP contribution in [-0.4, -0.2) is 27.5 Å². The molecule has 0 radical (unpaired) electrons. The molecule has 1 aliphatic carbocycles. The van der Waals surface area contributed by atoms with E-state index < -0.39 is 8.32 Å². The standard InChI is InChI=1S/C35H50O3Si/c1-12-37-32(36)28-15-13-14-27(22-28)29(24-38-39(10,11)33(3,4)5)17-16-25(2)26-18-19-30-31(23-26)35(8,9)21-20-34(30,6)7/h13-19,22-23H,12,20-21,24H2,1-11H3/b25-16+,29-17+. The zero-order chi connectivity index (χ0) is 29.2. The number of rotatable bonds is 8. The quantitative estimate of drug-likeness (QED) is 0.188. The minimum Gasteiger partial charge on any atom is -0.462 e. The summed E-state index contributed by atoms with van der Waals surface area (Å²) in [6.07, 6.45) is 6.78. The fourth-order valence-corrected chi connectivity index (χ4v) is 5.87. The molecule has 0 atom stereocenters. The van der Waals surface area contributed by atoms with Crippen molar-refractivity contribution in [2.24, 2.45) is 0 Å². The van der Waals surface area contributed by atoms with Crippen molar-refractivity contribution in [2.75, 3.05) is 13.2 Å². The van der Waals surface area contributed by atoms with Crippen LogP contribution in [0.5, 0.6) is 0 Å². The summed E-state index contributed by atoms with van der Waals surface area (Å²) in [5.74, 6) is -0.296. The van der Waals surface area contributed by atoms with Crippen molar-refractivity contribution in [1.82, 2.24) is 0 Å². The highest BCUT2D eigenvalue weighted by molar-refractivity contribution is 6.74. The molecule has 3 rings (SSSR count). The lowest BCUT2D eigenvalue weighted by Gasteiger charge is -2.42. The number of allylic oxidation sites excluding steroid dienone is 3. The van der Waals surface area contributed by atoms with E-state index in [1.807, 2.05) is 25.1 Å². The Bertz CT molecular complexity index is 1250. The summed E-state index contributed by atoms with van der Waals surface area (Å²) in [7, 11) is -1.97. The summed E-state index contributed by atoms with van der Waals surface area (Å²) in [6.45, 7) is 25.7. The maximum Gasteiger partial charge on any atom is 0.338 e. The number of hydrogen-bond donors (Lipinski definition) is 0. The van der Waals surface area contributed by atoms with Gasteiger partial charge in [-0.1, -0.05) is 91.0 Å². The summed E-state index contributed by atoms with van der Waals surface area (Å²) < 4.78 is 11.9. The van der Waals surface area contributed by atoms with Crippen LogP contribution >= 0.6 is 0 Å². The van der Waals surface area contributed by atoms with Gasteiger partial charge in [-0.2, -0.15) is 0 Å². The highest BCUT2D eigenvalue weighted by atomic mass is 28.4. The molecule has 0 fully saturated rings. The van der Waals surface area contributed by atoms with Gasteiger partial charge in [0.1, 0.15) is 0 Å². The molecule has 39 heavy (non-hydrogen) atoms. The van der Waals surface area contributed by atoms with Crippen LogP contribution in [0.2, 0.25) is 18.1 Å². The Kier molecular flexibility index (Phi) is 9.24. The number of esters is 1. The molecule has 0 heterocycles. The van der Waals surface area contributed by atoms with E-state index in [-0.39, 0.29) is 21.8 Å². The molecule has 2 aromatic rings. The topological polar surface area (TPSA) is 35.5 Å². The lowest BCUT2D eigenvalue weighted by atomic mass is 9.63. The van der Waals surface area contributed by atoms with Gasteiger partial charge in [-0.3, -0.25) is 0 Å². The fourth-order valence-electron chi connectivity index (χ4n) is 4.92. The lowest BCUT2D eigenvalue weighted by Crippen LogP contribution is -2.41. The number of carbonyl (C=O) groups is 1. The van der Waals surface area contributed by atoms with Crippen molar-refractivity contribution in [3.8, 4) is 0 Å². The molecule has 0 amide bonds. The number of ether oxygens (including phenoxy) is 1. The highest BCUT2D eigenvalue weighted by Gasteiger charge is 2.38. The lowest BCUT2D eigenvalue weighted by molar-refractivity contribution is 0.0526. The Hall–Kier alpha value is -2.43. The van der Waals surface area contributed by atoms with Crippen molar-refractivity contribution in [2.45, 2.75) is 104 Å². The monoisotopic (exact) mass is 546 g/mol. The van der Waals surface area contributed by atoms with Gasteiger partial charge < -0.3 is 9.16 Å². The first-order valence-electron chi connectivity index (χ1n) is 14.4. The van der Waals surface area contributed by atoms with E-state index in [4.69, 9.17) is 9.16 Å². The fraction of sp³-hybridized carbons (Fsp3) is 0.514. The smallest absolute Gasteiger partial charge is 0.338 e. The van der Waals surface area contributed by atoms with Gasteiger partial charge in [-0.25, -0.2) is 4.79 Å². The van der Waals surface area contributed by atoms with Crippen molar-refractivity contribution in [3.63, 3.8) is 0 Å². The zero-order valence-corrected chi connectivity index (χ0v) is 27.2. The van der Waals surface area contributed by atoms with E-state index in [9.17, 15) is 4.79 Å². The van der Waals surface area contributed by atoms with Gasteiger partial charge in [-0.15, -0.1) is 0 Å². The molecule has 212 valence electrons. The van der Waals surface area contributed by atoms with Gasteiger partial charge in [0, 0.05) is 0 Å².